The third-order valence-corrected chi connectivity index (χ3v) is 3.85. The van der Waals surface area contributed by atoms with Gasteiger partial charge in [0.2, 0.25) is 0 Å². The normalized spacial score (nSPS) is 10.4. The summed E-state index contributed by atoms with van der Waals surface area (Å²) in [7, 11) is 0. The average molecular weight is 465 g/mol. The minimum atomic E-state index is 0. The second kappa shape index (κ2) is 21.2. The Hall–Kier alpha value is 0.883. The second-order valence-corrected chi connectivity index (χ2v) is 5.80. The number of unbranched alkanes of at least 4 members (excludes halogenated alkanes) is 15. The molecule has 0 rings (SSSR count). The third-order valence-electron chi connectivity index (χ3n) is 3.85. The van der Waals surface area contributed by atoms with Gasteiger partial charge in [-0.15, -0.1) is 0 Å². The van der Waals surface area contributed by atoms with E-state index in [-0.39, 0.29) is 26.2 Å². The van der Waals surface area contributed by atoms with Gasteiger partial charge in [-0.25, -0.2) is 0 Å². The van der Waals surface area contributed by atoms with Crippen LogP contribution in [0.1, 0.15) is 110 Å². The molecule has 0 aliphatic heterocycles. The summed E-state index contributed by atoms with van der Waals surface area (Å²) >= 11 is 0. The molecule has 0 amide bonds. The maximum absolute atomic E-state index is 3.88. The molecule has 0 aromatic heterocycles. The van der Waals surface area contributed by atoms with Crippen molar-refractivity contribution in [1.29, 1.82) is 0 Å². The maximum Gasteiger partial charge on any atom is -0.0533 e. The molecule has 19 heavy (non-hydrogen) atoms. The molecule has 0 bridgehead atoms. The molecule has 0 aromatic carbocycles. The fourth-order valence-electron chi connectivity index (χ4n) is 2.55. The van der Waals surface area contributed by atoms with Gasteiger partial charge in [-0.2, -0.15) is 0 Å². The van der Waals surface area contributed by atoms with E-state index in [1.807, 2.05) is 0 Å². The second-order valence-electron chi connectivity index (χ2n) is 5.80. The van der Waals surface area contributed by atoms with E-state index in [2.05, 4.69) is 13.8 Å². The summed E-state index contributed by atoms with van der Waals surface area (Å²) in [5.74, 6) is 0. The fraction of sp³-hybridized carbons (Fsp3) is 0.944. The summed E-state index contributed by atoms with van der Waals surface area (Å²) in [6, 6.07) is 0. The Labute approximate surface area is 142 Å². The Kier molecular flexibility index (Phi) is 24.7. The van der Waals surface area contributed by atoms with E-state index in [1.165, 1.54) is 96.3 Å². The van der Waals surface area contributed by atoms with Gasteiger partial charge >= 0.3 is 26.2 Å². The first-order valence-electron chi connectivity index (χ1n) is 8.71. The van der Waals surface area contributed by atoms with Gasteiger partial charge in [0.25, 0.3) is 0 Å². The number of hydrogen-bond acceptors (Lipinski definition) is 0. The van der Waals surface area contributed by atoms with Gasteiger partial charge in [0.1, 0.15) is 0 Å². The van der Waals surface area contributed by atoms with Crippen LogP contribution in [-0.4, -0.2) is 26.2 Å². The summed E-state index contributed by atoms with van der Waals surface area (Å²) in [4.78, 5) is 0. The van der Waals surface area contributed by atoms with Gasteiger partial charge in [-0.3, -0.25) is 0 Å². The molecule has 0 aromatic rings. The van der Waals surface area contributed by atoms with E-state index in [0.29, 0.717) is 0 Å². The van der Waals surface area contributed by atoms with E-state index in [4.69, 9.17) is 0 Å². The van der Waals surface area contributed by atoms with Crippen molar-refractivity contribution in [1.82, 2.24) is 0 Å². The van der Waals surface area contributed by atoms with Crippen LogP contribution in [0, 0.1) is 6.92 Å². The van der Waals surface area contributed by atoms with Crippen LogP contribution in [0.25, 0.3) is 0 Å². The molecule has 0 atom stereocenters. The Bertz CT molecular complexity index is 118. The molecule has 0 fully saturated rings. The summed E-state index contributed by atoms with van der Waals surface area (Å²) in [5.41, 5.74) is 0. The molecule has 0 spiro atoms. The third kappa shape index (κ3) is 21.3. The van der Waals surface area contributed by atoms with Crippen LogP contribution in [0.2, 0.25) is 0 Å². The van der Waals surface area contributed by atoms with Crippen molar-refractivity contribution < 1.29 is 0 Å². The quantitative estimate of drug-likeness (QED) is 0.209. The Morgan fingerprint density at radius 3 is 1.00 bits per heavy atom. The standard InChI is InChI=1S/C18H37.Bi.3H/c1-3-5-7-9-11-13-15-17-18-16-14-12-10-8-6-4-2;;;;/h1,3-18H2,2H3;;;;. The Balaban J connectivity index is 0. The maximum atomic E-state index is 3.88. The number of hydrogen-bond donors (Lipinski definition) is 0. The molecule has 0 heterocycles. The molecule has 1 radical (unpaired) electrons. The van der Waals surface area contributed by atoms with Gasteiger partial charge in [0.15, 0.2) is 0 Å². The SMILES string of the molecule is [BiH3].[CH2]CCCCCCCCCCCCCCCCC. The van der Waals surface area contributed by atoms with Crippen molar-refractivity contribution in [3.8, 4) is 0 Å². The molecule has 0 N–H and O–H groups in total. The molecular weight excluding hydrogens is 425 g/mol. The monoisotopic (exact) mass is 465 g/mol. The van der Waals surface area contributed by atoms with Crippen LogP contribution in [-0.2, 0) is 0 Å². The first-order valence-corrected chi connectivity index (χ1v) is 8.71. The molecule has 0 aliphatic rings. The zero-order chi connectivity index (χ0) is 13.3. The summed E-state index contributed by atoms with van der Waals surface area (Å²) in [5, 5.41) is 0. The van der Waals surface area contributed by atoms with Crippen molar-refractivity contribution in [2.45, 2.75) is 110 Å². The number of rotatable bonds is 15. The molecule has 0 unspecified atom stereocenters. The first-order chi connectivity index (χ1) is 8.91. The smallest absolute Gasteiger partial charge is 0.0533 e. The van der Waals surface area contributed by atoms with Gasteiger partial charge in [-0.05, 0) is 0 Å². The van der Waals surface area contributed by atoms with Gasteiger partial charge in [0, 0.05) is 0 Å². The molecule has 1 heteroatoms. The largest absolute Gasteiger partial charge is 0.0654 e. The van der Waals surface area contributed by atoms with E-state index < -0.39 is 0 Å². The molecule has 0 aliphatic carbocycles. The van der Waals surface area contributed by atoms with Crippen LogP contribution < -0.4 is 0 Å². The topological polar surface area (TPSA) is 0 Å². The van der Waals surface area contributed by atoms with E-state index in [1.54, 1.807) is 0 Å². The van der Waals surface area contributed by atoms with Crippen molar-refractivity contribution in [3.63, 3.8) is 0 Å². The van der Waals surface area contributed by atoms with Crippen molar-refractivity contribution in [2.24, 2.45) is 0 Å². The van der Waals surface area contributed by atoms with E-state index in [0.717, 1.165) is 6.42 Å². The first kappa shape index (κ1) is 22.2. The van der Waals surface area contributed by atoms with Crippen LogP contribution in [0.15, 0.2) is 0 Å². The molecule has 117 valence electrons. The minimum absolute atomic E-state index is 0. The van der Waals surface area contributed by atoms with Crippen molar-refractivity contribution >= 4 is 26.2 Å². The Morgan fingerprint density at radius 1 is 0.474 bits per heavy atom. The summed E-state index contributed by atoms with van der Waals surface area (Å²) in [6.45, 7) is 6.18. The van der Waals surface area contributed by atoms with Crippen molar-refractivity contribution in [2.75, 3.05) is 0 Å². The molecular formula is C18H40Bi. The summed E-state index contributed by atoms with van der Waals surface area (Å²) in [6.07, 6.45) is 22.8. The minimum Gasteiger partial charge on any atom is -0.0654 e. The van der Waals surface area contributed by atoms with Crippen LogP contribution >= 0.6 is 0 Å². The summed E-state index contributed by atoms with van der Waals surface area (Å²) < 4.78 is 0. The Morgan fingerprint density at radius 2 is 0.737 bits per heavy atom. The zero-order valence-electron chi connectivity index (χ0n) is 13.7. The van der Waals surface area contributed by atoms with E-state index in [9.17, 15) is 0 Å². The van der Waals surface area contributed by atoms with Crippen LogP contribution in [0.3, 0.4) is 0 Å². The molecule has 0 nitrogen and oxygen atoms in total. The fourth-order valence-corrected chi connectivity index (χ4v) is 2.55. The van der Waals surface area contributed by atoms with Crippen molar-refractivity contribution in [3.05, 3.63) is 6.92 Å². The predicted octanol–water partition coefficient (Wildman–Crippen LogP) is 5.90. The molecule has 0 saturated heterocycles. The average Bonchev–Trinajstić information content (AvgIpc) is 2.39. The van der Waals surface area contributed by atoms with Crippen LogP contribution in [0.5, 0.6) is 0 Å². The van der Waals surface area contributed by atoms with E-state index >= 15 is 0 Å². The van der Waals surface area contributed by atoms with Crippen LogP contribution in [0.4, 0.5) is 0 Å². The van der Waals surface area contributed by atoms with Gasteiger partial charge < -0.3 is 0 Å². The van der Waals surface area contributed by atoms with Gasteiger partial charge in [0.05, 0.1) is 0 Å². The molecule has 0 saturated carbocycles. The van der Waals surface area contributed by atoms with Gasteiger partial charge in [-0.1, -0.05) is 117 Å². The zero-order valence-corrected chi connectivity index (χ0v) is 19.2. The predicted molar refractivity (Wildman–Crippen MR) is 94.8 cm³/mol.